The number of methoxy groups -OCH3 is 1. The van der Waals surface area contributed by atoms with E-state index in [0.29, 0.717) is 18.9 Å². The Morgan fingerprint density at radius 3 is 2.78 bits per heavy atom. The zero-order valence-electron chi connectivity index (χ0n) is 10.9. The van der Waals surface area contributed by atoms with Gasteiger partial charge in [0.05, 0.1) is 13.2 Å². The summed E-state index contributed by atoms with van der Waals surface area (Å²) >= 11 is 0. The van der Waals surface area contributed by atoms with Crippen LogP contribution in [0.25, 0.3) is 0 Å². The van der Waals surface area contributed by atoms with Gasteiger partial charge in [0.15, 0.2) is 0 Å². The van der Waals surface area contributed by atoms with Crippen LogP contribution in [0, 0.1) is 0 Å². The average Bonchev–Trinajstić information content (AvgIpc) is 2.75. The lowest BCUT2D eigenvalue weighted by Gasteiger charge is -2.11. The van der Waals surface area contributed by atoms with E-state index >= 15 is 0 Å². The summed E-state index contributed by atoms with van der Waals surface area (Å²) < 4.78 is 36.5. The number of sulfonamides is 1. The normalized spacial score (nSPS) is 13.7. The predicted molar refractivity (Wildman–Crippen MR) is 67.7 cm³/mol. The average molecular weight is 276 g/mol. The monoisotopic (exact) mass is 276 g/mol. The number of rotatable bonds is 8. The second-order valence-corrected chi connectivity index (χ2v) is 5.62. The molecule has 18 heavy (non-hydrogen) atoms. The van der Waals surface area contributed by atoms with E-state index in [1.165, 1.54) is 13.2 Å². The maximum atomic E-state index is 11.9. The zero-order valence-corrected chi connectivity index (χ0v) is 11.7. The van der Waals surface area contributed by atoms with Crippen LogP contribution in [-0.2, 0) is 21.3 Å². The standard InChI is InChI=1S/C11H20N2O4S/c1-4-12-7-10-5-6-11(17-10)18(14,15)13-9(2)8-16-3/h5-6,9,12-13H,4,7-8H2,1-3H3. The lowest BCUT2D eigenvalue weighted by Crippen LogP contribution is -2.35. The molecule has 0 radical (unpaired) electrons. The fourth-order valence-corrected chi connectivity index (χ4v) is 2.63. The molecule has 0 aromatic carbocycles. The summed E-state index contributed by atoms with van der Waals surface area (Å²) in [7, 11) is -2.09. The third-order valence-electron chi connectivity index (χ3n) is 2.22. The first-order chi connectivity index (χ1) is 8.49. The Morgan fingerprint density at radius 2 is 2.17 bits per heavy atom. The topological polar surface area (TPSA) is 80.6 Å². The minimum absolute atomic E-state index is 0.0710. The van der Waals surface area contributed by atoms with Gasteiger partial charge in [-0.25, -0.2) is 13.1 Å². The Hall–Kier alpha value is -0.890. The van der Waals surface area contributed by atoms with E-state index in [-0.39, 0.29) is 11.1 Å². The molecule has 7 heteroatoms. The molecule has 0 fully saturated rings. The Labute approximate surface area is 108 Å². The molecule has 1 aromatic rings. The van der Waals surface area contributed by atoms with Crippen molar-refractivity contribution in [2.75, 3.05) is 20.3 Å². The van der Waals surface area contributed by atoms with Crippen molar-refractivity contribution in [3.63, 3.8) is 0 Å². The molecule has 0 aliphatic rings. The molecule has 1 unspecified atom stereocenters. The lowest BCUT2D eigenvalue weighted by atomic mass is 10.4. The Balaban J connectivity index is 2.69. The van der Waals surface area contributed by atoms with Crippen LogP contribution in [0.2, 0.25) is 0 Å². The molecule has 1 heterocycles. The Bertz CT molecular complexity index is 455. The number of hydrogen-bond acceptors (Lipinski definition) is 5. The maximum absolute atomic E-state index is 11.9. The molecule has 0 bridgehead atoms. The summed E-state index contributed by atoms with van der Waals surface area (Å²) in [4.78, 5) is 0. The van der Waals surface area contributed by atoms with Crippen LogP contribution in [0.4, 0.5) is 0 Å². The van der Waals surface area contributed by atoms with Crippen molar-refractivity contribution in [1.82, 2.24) is 10.0 Å². The van der Waals surface area contributed by atoms with E-state index in [1.54, 1.807) is 13.0 Å². The Morgan fingerprint density at radius 1 is 1.44 bits per heavy atom. The number of hydrogen-bond donors (Lipinski definition) is 2. The van der Waals surface area contributed by atoms with E-state index in [0.717, 1.165) is 6.54 Å². The van der Waals surface area contributed by atoms with Crippen LogP contribution in [0.1, 0.15) is 19.6 Å². The number of ether oxygens (including phenoxy) is 1. The van der Waals surface area contributed by atoms with E-state index in [2.05, 4.69) is 10.0 Å². The highest BCUT2D eigenvalue weighted by atomic mass is 32.2. The number of nitrogens with one attached hydrogen (secondary N) is 2. The quantitative estimate of drug-likeness (QED) is 0.730. The summed E-state index contributed by atoms with van der Waals surface area (Å²) in [6.45, 7) is 5.31. The summed E-state index contributed by atoms with van der Waals surface area (Å²) in [5.74, 6) is 0.594. The van der Waals surface area contributed by atoms with Gasteiger partial charge in [-0.05, 0) is 25.6 Å². The second kappa shape index (κ2) is 6.89. The van der Waals surface area contributed by atoms with Gasteiger partial charge in [0.1, 0.15) is 5.76 Å². The fraction of sp³-hybridized carbons (Fsp3) is 0.636. The molecular weight excluding hydrogens is 256 g/mol. The molecule has 6 nitrogen and oxygen atoms in total. The minimum atomic E-state index is -3.61. The van der Waals surface area contributed by atoms with Crippen molar-refractivity contribution >= 4 is 10.0 Å². The molecule has 1 aromatic heterocycles. The van der Waals surface area contributed by atoms with E-state index in [9.17, 15) is 8.42 Å². The zero-order chi connectivity index (χ0) is 13.6. The van der Waals surface area contributed by atoms with E-state index in [4.69, 9.17) is 9.15 Å². The van der Waals surface area contributed by atoms with Crippen LogP contribution >= 0.6 is 0 Å². The van der Waals surface area contributed by atoms with Crippen molar-refractivity contribution in [3.8, 4) is 0 Å². The highest BCUT2D eigenvalue weighted by molar-refractivity contribution is 7.89. The van der Waals surface area contributed by atoms with Crippen molar-refractivity contribution in [3.05, 3.63) is 17.9 Å². The first-order valence-electron chi connectivity index (χ1n) is 5.80. The van der Waals surface area contributed by atoms with Crippen LogP contribution in [-0.4, -0.2) is 34.7 Å². The van der Waals surface area contributed by atoms with Gasteiger partial charge in [-0.3, -0.25) is 0 Å². The van der Waals surface area contributed by atoms with Crippen LogP contribution < -0.4 is 10.0 Å². The highest BCUT2D eigenvalue weighted by Gasteiger charge is 2.21. The molecule has 0 saturated heterocycles. The summed E-state index contributed by atoms with van der Waals surface area (Å²) in [6, 6.07) is 2.80. The van der Waals surface area contributed by atoms with Crippen LogP contribution in [0.15, 0.2) is 21.6 Å². The molecular formula is C11H20N2O4S. The molecule has 1 rings (SSSR count). The van der Waals surface area contributed by atoms with E-state index < -0.39 is 10.0 Å². The first kappa shape index (κ1) is 15.2. The van der Waals surface area contributed by atoms with Gasteiger partial charge in [0.25, 0.3) is 10.0 Å². The van der Waals surface area contributed by atoms with Gasteiger partial charge in [-0.1, -0.05) is 6.92 Å². The van der Waals surface area contributed by atoms with Gasteiger partial charge in [0, 0.05) is 13.2 Å². The maximum Gasteiger partial charge on any atom is 0.274 e. The van der Waals surface area contributed by atoms with E-state index in [1.807, 2.05) is 6.92 Å². The van der Waals surface area contributed by atoms with Gasteiger partial charge >= 0.3 is 0 Å². The van der Waals surface area contributed by atoms with Crippen molar-refractivity contribution in [2.24, 2.45) is 0 Å². The van der Waals surface area contributed by atoms with Crippen LogP contribution in [0.3, 0.4) is 0 Å². The molecule has 0 amide bonds. The van der Waals surface area contributed by atoms with Gasteiger partial charge in [0.2, 0.25) is 5.09 Å². The van der Waals surface area contributed by atoms with Crippen molar-refractivity contribution in [2.45, 2.75) is 31.5 Å². The molecule has 0 spiro atoms. The fourth-order valence-electron chi connectivity index (χ4n) is 1.45. The van der Waals surface area contributed by atoms with Crippen molar-refractivity contribution < 1.29 is 17.6 Å². The summed E-state index contributed by atoms with van der Waals surface area (Å²) in [6.07, 6.45) is 0. The SMILES string of the molecule is CCNCc1ccc(S(=O)(=O)NC(C)COC)o1. The molecule has 2 N–H and O–H groups in total. The van der Waals surface area contributed by atoms with Crippen molar-refractivity contribution in [1.29, 1.82) is 0 Å². The lowest BCUT2D eigenvalue weighted by molar-refractivity contribution is 0.180. The third-order valence-corrected chi connectivity index (χ3v) is 3.69. The minimum Gasteiger partial charge on any atom is -0.447 e. The molecule has 1 atom stereocenters. The first-order valence-corrected chi connectivity index (χ1v) is 7.28. The number of furan rings is 1. The molecule has 104 valence electrons. The smallest absolute Gasteiger partial charge is 0.274 e. The summed E-state index contributed by atoms with van der Waals surface area (Å²) in [5, 5.41) is 2.99. The van der Waals surface area contributed by atoms with Gasteiger partial charge < -0.3 is 14.5 Å². The second-order valence-electron chi connectivity index (χ2n) is 3.98. The van der Waals surface area contributed by atoms with Gasteiger partial charge in [-0.15, -0.1) is 0 Å². The molecule has 0 aliphatic carbocycles. The Kier molecular flexibility index (Phi) is 5.80. The predicted octanol–water partition coefficient (Wildman–Crippen LogP) is 0.702. The third kappa shape index (κ3) is 4.41. The van der Waals surface area contributed by atoms with Crippen LogP contribution in [0.5, 0.6) is 0 Å². The summed E-state index contributed by atoms with van der Waals surface area (Å²) in [5.41, 5.74) is 0. The van der Waals surface area contributed by atoms with Gasteiger partial charge in [-0.2, -0.15) is 0 Å². The molecule has 0 aliphatic heterocycles. The highest BCUT2D eigenvalue weighted by Crippen LogP contribution is 2.14. The molecule has 0 saturated carbocycles. The largest absolute Gasteiger partial charge is 0.447 e.